The minimum Gasteiger partial charge on any atom is -0.199 e. The molecule has 0 aliphatic carbocycles. The van der Waals surface area contributed by atoms with Gasteiger partial charge in [-0.3, -0.25) is 0 Å². The predicted octanol–water partition coefficient (Wildman–Crippen LogP) is 5.91. The number of aromatic nitrogens is 4. The summed E-state index contributed by atoms with van der Waals surface area (Å²) in [4.78, 5) is 0.298. The summed E-state index contributed by atoms with van der Waals surface area (Å²) in [6, 6.07) is 30.9. The average Bonchev–Trinajstić information content (AvgIpc) is 3.76. The second kappa shape index (κ2) is 12.4. The normalized spacial score (nSPS) is 11.3. The van der Waals surface area contributed by atoms with E-state index in [1.165, 1.54) is 12.4 Å². The van der Waals surface area contributed by atoms with Crippen LogP contribution in [0.4, 0.5) is 0 Å². The van der Waals surface area contributed by atoms with E-state index in [1.807, 2.05) is 26.0 Å². The predicted molar refractivity (Wildman–Crippen MR) is 177 cm³/mol. The van der Waals surface area contributed by atoms with Crippen molar-refractivity contribution in [3.05, 3.63) is 144 Å². The molecule has 2 heterocycles. The van der Waals surface area contributed by atoms with Gasteiger partial charge in [-0.05, 0) is 86.4 Å². The fourth-order valence-corrected chi connectivity index (χ4v) is 7.28. The van der Waals surface area contributed by atoms with E-state index in [-0.39, 0.29) is 9.79 Å². The largest absolute Gasteiger partial charge is 0.283 e. The van der Waals surface area contributed by atoms with Gasteiger partial charge < -0.3 is 0 Å². The van der Waals surface area contributed by atoms with Gasteiger partial charge in [-0.25, -0.2) is 0 Å². The van der Waals surface area contributed by atoms with E-state index in [9.17, 15) is 16.8 Å². The molecule has 0 fully saturated rings. The van der Waals surface area contributed by atoms with Gasteiger partial charge >= 0.3 is 0 Å². The molecule has 0 saturated heterocycles. The zero-order valence-corrected chi connectivity index (χ0v) is 26.4. The van der Waals surface area contributed by atoms with E-state index in [0.29, 0.717) is 33.6 Å². The molecule has 0 aliphatic heterocycles. The first-order valence-electron chi connectivity index (χ1n) is 14.1. The highest BCUT2D eigenvalue weighted by molar-refractivity contribution is 7.90. The minimum absolute atomic E-state index is 0.149. The van der Waals surface area contributed by atoms with Crippen LogP contribution in [0.15, 0.2) is 131 Å². The Kier molecular flexibility index (Phi) is 8.16. The summed E-state index contributed by atoms with van der Waals surface area (Å²) in [5, 5.41) is 8.19. The molecule has 0 amide bonds. The maximum Gasteiger partial charge on any atom is 0.283 e. The van der Waals surface area contributed by atoms with E-state index >= 15 is 0 Å². The van der Waals surface area contributed by atoms with Crippen molar-refractivity contribution in [3.63, 3.8) is 0 Å². The molecule has 0 spiro atoms. The van der Waals surface area contributed by atoms with Crippen molar-refractivity contribution in [1.29, 1.82) is 0 Å². The summed E-state index contributed by atoms with van der Waals surface area (Å²) >= 11 is 0. The lowest BCUT2D eigenvalue weighted by atomic mass is 10.1. The first-order chi connectivity index (χ1) is 22.1. The van der Waals surface area contributed by atoms with Crippen LogP contribution >= 0.6 is 0 Å². The van der Waals surface area contributed by atoms with E-state index in [1.54, 1.807) is 97.1 Å². The number of benzene rings is 4. The van der Waals surface area contributed by atoms with Gasteiger partial charge in [0.1, 0.15) is 0 Å². The maximum absolute atomic E-state index is 13.3. The number of nitrogens with zero attached hydrogens (tertiary/aromatic N) is 4. The fourth-order valence-electron chi connectivity index (χ4n) is 4.72. The molecule has 0 radical (unpaired) electrons. The monoisotopic (exact) mass is 642 g/mol. The van der Waals surface area contributed by atoms with Crippen molar-refractivity contribution < 1.29 is 16.8 Å². The van der Waals surface area contributed by atoms with Gasteiger partial charge in [0.15, 0.2) is 0 Å². The third kappa shape index (κ3) is 6.13. The van der Waals surface area contributed by atoms with Crippen LogP contribution in [0.5, 0.6) is 0 Å². The maximum atomic E-state index is 13.3. The Labute approximate surface area is 268 Å². The Morgan fingerprint density at radius 3 is 1.30 bits per heavy atom. The summed E-state index contributed by atoms with van der Waals surface area (Å²) in [7, 11) is -7.79. The summed E-state index contributed by atoms with van der Waals surface area (Å²) in [6.07, 6.45) is 2.90. The Balaban J connectivity index is 1.24. The van der Waals surface area contributed by atoms with Crippen molar-refractivity contribution in [3.8, 4) is 46.2 Å². The lowest BCUT2D eigenvalue weighted by Gasteiger charge is -2.09. The second-order valence-corrected chi connectivity index (χ2v) is 14.0. The van der Waals surface area contributed by atoms with Crippen LogP contribution in [-0.2, 0) is 20.0 Å². The molecule has 6 aromatic rings. The van der Waals surface area contributed by atoms with Gasteiger partial charge in [0.25, 0.3) is 20.0 Å². The van der Waals surface area contributed by atoms with E-state index in [0.717, 1.165) is 19.3 Å². The van der Waals surface area contributed by atoms with Crippen LogP contribution in [0.3, 0.4) is 0 Å². The van der Waals surface area contributed by atoms with Crippen LogP contribution in [0.1, 0.15) is 22.3 Å². The fraction of sp³-hybridized carbons (Fsp3) is 0.0556. The summed E-state index contributed by atoms with van der Waals surface area (Å²) in [6.45, 7) is 3.78. The molecule has 2 aromatic heterocycles. The second-order valence-electron chi connectivity index (χ2n) is 10.4. The molecule has 0 saturated carbocycles. The Morgan fingerprint density at radius 2 is 0.913 bits per heavy atom. The SMILES string of the molecule is Cc1ccc(S(=O)(=O)n2nccc2-c2cccc(C#CC#Cc3cccc(-c4ccnn4S(=O)(=O)c4ccc(C)cc4)c3)c2)cc1. The topological polar surface area (TPSA) is 104 Å². The van der Waals surface area contributed by atoms with Gasteiger partial charge in [-0.2, -0.15) is 35.2 Å². The molecule has 226 valence electrons. The smallest absolute Gasteiger partial charge is 0.199 e. The standard InChI is InChI=1S/C36H26N4O4S2/c1-27-13-17-33(18-14-27)45(41,42)39-35(21-23-37-39)31-11-5-9-29(25-31)7-3-4-8-30-10-6-12-32(26-30)36-22-24-38-40(36)46(43,44)34-19-15-28(2)16-20-34/h5-6,9-26H,1-2H3. The molecule has 0 atom stereocenters. The van der Waals surface area contributed by atoms with Crippen molar-refractivity contribution >= 4 is 20.0 Å². The molecule has 6 rings (SSSR count). The van der Waals surface area contributed by atoms with Crippen molar-refractivity contribution in [2.24, 2.45) is 0 Å². The van der Waals surface area contributed by atoms with Gasteiger partial charge in [0, 0.05) is 22.3 Å². The molecule has 8 nitrogen and oxygen atoms in total. The lowest BCUT2D eigenvalue weighted by Crippen LogP contribution is -2.15. The third-order valence-electron chi connectivity index (χ3n) is 7.11. The molecule has 0 N–H and O–H groups in total. The first-order valence-corrected chi connectivity index (χ1v) is 17.0. The van der Waals surface area contributed by atoms with Gasteiger partial charge in [0.2, 0.25) is 0 Å². The summed E-state index contributed by atoms with van der Waals surface area (Å²) in [5.74, 6) is 11.7. The van der Waals surface area contributed by atoms with E-state index < -0.39 is 20.0 Å². The first kappa shape index (κ1) is 30.4. The number of hydrogen-bond acceptors (Lipinski definition) is 6. The lowest BCUT2D eigenvalue weighted by molar-refractivity contribution is 0.579. The molecular weight excluding hydrogens is 617 g/mol. The Morgan fingerprint density at radius 1 is 0.522 bits per heavy atom. The van der Waals surface area contributed by atoms with Crippen LogP contribution < -0.4 is 0 Å². The van der Waals surface area contributed by atoms with Crippen LogP contribution in [0.2, 0.25) is 0 Å². The molecule has 46 heavy (non-hydrogen) atoms. The quantitative estimate of drug-likeness (QED) is 0.210. The molecule has 4 aromatic carbocycles. The number of rotatable bonds is 6. The summed E-state index contributed by atoms with van der Waals surface area (Å²) in [5.41, 5.74) is 5.30. The third-order valence-corrected chi connectivity index (χ3v) is 10.3. The highest BCUT2D eigenvalue weighted by Gasteiger charge is 2.23. The Hall–Kier alpha value is -5.68. The molecule has 0 bridgehead atoms. The van der Waals surface area contributed by atoms with E-state index in [2.05, 4.69) is 33.9 Å². The van der Waals surface area contributed by atoms with Gasteiger partial charge in [-0.1, -0.05) is 71.5 Å². The molecule has 0 unspecified atom stereocenters. The Bertz CT molecular complexity index is 2250. The van der Waals surface area contributed by atoms with Crippen molar-refractivity contribution in [2.45, 2.75) is 23.6 Å². The highest BCUT2D eigenvalue weighted by Crippen LogP contribution is 2.26. The van der Waals surface area contributed by atoms with Crippen LogP contribution in [0, 0.1) is 37.5 Å². The van der Waals surface area contributed by atoms with E-state index in [4.69, 9.17) is 0 Å². The average molecular weight is 643 g/mol. The van der Waals surface area contributed by atoms with Gasteiger partial charge in [-0.15, -0.1) is 0 Å². The van der Waals surface area contributed by atoms with Gasteiger partial charge in [0.05, 0.1) is 33.6 Å². The highest BCUT2D eigenvalue weighted by atomic mass is 32.2. The van der Waals surface area contributed by atoms with Crippen LogP contribution in [0.25, 0.3) is 22.5 Å². The zero-order chi connectivity index (χ0) is 32.3. The number of hydrogen-bond donors (Lipinski definition) is 0. The molecule has 0 aliphatic rings. The van der Waals surface area contributed by atoms with Crippen molar-refractivity contribution in [2.75, 3.05) is 0 Å². The molecule has 10 heteroatoms. The summed E-state index contributed by atoms with van der Waals surface area (Å²) < 4.78 is 55.2. The number of aryl methyl sites for hydroxylation is 2. The molecular formula is C36H26N4O4S2. The zero-order valence-electron chi connectivity index (χ0n) is 24.8. The van der Waals surface area contributed by atoms with Crippen LogP contribution in [-0.4, -0.2) is 35.2 Å². The minimum atomic E-state index is -3.89. The van der Waals surface area contributed by atoms with Crippen molar-refractivity contribution in [1.82, 2.24) is 18.4 Å².